The van der Waals surface area contributed by atoms with E-state index in [1.165, 1.54) is 12.1 Å². The standard InChI is InChI=1S/C12H13ClFNO2.ClH/c1-12(2)6-17-11(16)15-10(12)8-4-3-7(14)5-9(8)13;/h3-5,10H,6H2,1-2H3,(H,15,16);1H/t10-;/m1./s1. The number of hydrogen-bond donors (Lipinski definition) is 1. The summed E-state index contributed by atoms with van der Waals surface area (Å²) in [6, 6.07) is 3.89. The Hall–Kier alpha value is -1.00. The van der Waals surface area contributed by atoms with Crippen LogP contribution in [-0.2, 0) is 4.74 Å². The zero-order valence-corrected chi connectivity index (χ0v) is 11.6. The largest absolute Gasteiger partial charge is 0.449 e. The number of hydrogen-bond acceptors (Lipinski definition) is 2. The van der Waals surface area contributed by atoms with E-state index < -0.39 is 11.9 Å². The molecule has 1 fully saturated rings. The number of cyclic esters (lactones) is 1. The zero-order chi connectivity index (χ0) is 12.6. The Balaban J connectivity index is 0.00000162. The summed E-state index contributed by atoms with van der Waals surface area (Å²) >= 11 is 6.01. The van der Waals surface area contributed by atoms with Crippen molar-refractivity contribution in [3.05, 3.63) is 34.6 Å². The average molecular weight is 294 g/mol. The Bertz CT molecular complexity index is 465. The van der Waals surface area contributed by atoms with Crippen molar-refractivity contribution in [2.45, 2.75) is 19.9 Å². The van der Waals surface area contributed by atoms with E-state index in [1.54, 1.807) is 6.07 Å². The molecule has 18 heavy (non-hydrogen) atoms. The minimum Gasteiger partial charge on any atom is -0.449 e. The third-order valence-corrected chi connectivity index (χ3v) is 3.22. The zero-order valence-electron chi connectivity index (χ0n) is 10.00. The summed E-state index contributed by atoms with van der Waals surface area (Å²) in [6.07, 6.45) is -0.477. The lowest BCUT2D eigenvalue weighted by Gasteiger charge is -2.38. The number of rotatable bonds is 1. The summed E-state index contributed by atoms with van der Waals surface area (Å²) in [5.74, 6) is -0.394. The molecule has 0 bridgehead atoms. The fourth-order valence-electron chi connectivity index (χ4n) is 1.92. The van der Waals surface area contributed by atoms with E-state index in [0.717, 1.165) is 0 Å². The maximum atomic E-state index is 13.0. The van der Waals surface area contributed by atoms with Crippen LogP contribution in [0.3, 0.4) is 0 Å². The number of carbonyl (C=O) groups excluding carboxylic acids is 1. The summed E-state index contributed by atoms with van der Waals surface area (Å²) in [7, 11) is 0. The highest BCUT2D eigenvalue weighted by Gasteiger charge is 2.38. The van der Waals surface area contributed by atoms with Gasteiger partial charge in [-0.3, -0.25) is 0 Å². The van der Waals surface area contributed by atoms with Crippen molar-refractivity contribution < 1.29 is 13.9 Å². The number of alkyl carbamates (subject to hydrolysis) is 1. The molecule has 0 unspecified atom stereocenters. The molecule has 1 aromatic carbocycles. The Morgan fingerprint density at radius 3 is 2.78 bits per heavy atom. The molecule has 1 heterocycles. The van der Waals surface area contributed by atoms with E-state index in [9.17, 15) is 9.18 Å². The highest BCUT2D eigenvalue weighted by molar-refractivity contribution is 6.31. The molecule has 0 aliphatic carbocycles. The normalized spacial score (nSPS) is 21.6. The van der Waals surface area contributed by atoms with E-state index in [2.05, 4.69) is 5.32 Å². The quantitative estimate of drug-likeness (QED) is 0.857. The molecule has 1 aliphatic heterocycles. The van der Waals surface area contributed by atoms with Crippen LogP contribution in [0.2, 0.25) is 5.02 Å². The van der Waals surface area contributed by atoms with E-state index in [0.29, 0.717) is 17.2 Å². The first-order chi connectivity index (χ1) is 7.90. The monoisotopic (exact) mass is 293 g/mol. The van der Waals surface area contributed by atoms with Gasteiger partial charge in [0.15, 0.2) is 0 Å². The van der Waals surface area contributed by atoms with Crippen LogP contribution in [0.4, 0.5) is 9.18 Å². The van der Waals surface area contributed by atoms with E-state index >= 15 is 0 Å². The predicted molar refractivity (Wildman–Crippen MR) is 69.7 cm³/mol. The average Bonchev–Trinajstić information content (AvgIpc) is 2.23. The van der Waals surface area contributed by atoms with Gasteiger partial charge in [-0.1, -0.05) is 31.5 Å². The number of ether oxygens (including phenoxy) is 1. The first kappa shape index (κ1) is 15.1. The van der Waals surface area contributed by atoms with Gasteiger partial charge in [0.2, 0.25) is 0 Å². The molecule has 6 heteroatoms. The number of amides is 1. The molecule has 100 valence electrons. The van der Waals surface area contributed by atoms with Gasteiger partial charge in [-0.05, 0) is 17.7 Å². The Labute approximate surface area is 116 Å². The van der Waals surface area contributed by atoms with Crippen LogP contribution < -0.4 is 5.32 Å². The second kappa shape index (κ2) is 5.33. The van der Waals surface area contributed by atoms with Crippen molar-refractivity contribution >= 4 is 30.1 Å². The third-order valence-electron chi connectivity index (χ3n) is 2.89. The first-order valence-corrected chi connectivity index (χ1v) is 5.66. The third kappa shape index (κ3) is 2.87. The van der Waals surface area contributed by atoms with Gasteiger partial charge >= 0.3 is 6.09 Å². The summed E-state index contributed by atoms with van der Waals surface area (Å²) in [5.41, 5.74) is 0.407. The maximum Gasteiger partial charge on any atom is 0.407 e. The van der Waals surface area contributed by atoms with Gasteiger partial charge in [-0.15, -0.1) is 12.4 Å². The fraction of sp³-hybridized carbons (Fsp3) is 0.417. The lowest BCUT2D eigenvalue weighted by atomic mass is 9.80. The van der Waals surface area contributed by atoms with Crippen LogP contribution in [0.25, 0.3) is 0 Å². The van der Waals surface area contributed by atoms with Crippen LogP contribution in [0.5, 0.6) is 0 Å². The molecule has 2 rings (SSSR count). The van der Waals surface area contributed by atoms with Crippen LogP contribution in [-0.4, -0.2) is 12.7 Å². The summed E-state index contributed by atoms with van der Waals surface area (Å²) in [6.45, 7) is 4.21. The molecule has 1 atom stereocenters. The van der Waals surface area contributed by atoms with Gasteiger partial charge in [0.1, 0.15) is 12.4 Å². The van der Waals surface area contributed by atoms with Gasteiger partial charge in [0.05, 0.1) is 6.04 Å². The summed E-state index contributed by atoms with van der Waals surface area (Å²) < 4.78 is 17.9. The molecule has 0 aromatic heterocycles. The van der Waals surface area contributed by atoms with Gasteiger partial charge in [0, 0.05) is 10.4 Å². The molecular weight excluding hydrogens is 280 g/mol. The lowest BCUT2D eigenvalue weighted by molar-refractivity contribution is 0.0387. The maximum absolute atomic E-state index is 13.0. The van der Waals surface area contributed by atoms with Crippen molar-refractivity contribution in [2.24, 2.45) is 5.41 Å². The van der Waals surface area contributed by atoms with Crippen molar-refractivity contribution in [1.82, 2.24) is 5.32 Å². The molecule has 1 aromatic rings. The minimum atomic E-state index is -0.477. The summed E-state index contributed by atoms with van der Waals surface area (Å²) in [5, 5.41) is 3.03. The van der Waals surface area contributed by atoms with Crippen molar-refractivity contribution in [1.29, 1.82) is 0 Å². The van der Waals surface area contributed by atoms with Gasteiger partial charge < -0.3 is 10.1 Å². The predicted octanol–water partition coefficient (Wildman–Crippen LogP) is 3.71. The van der Waals surface area contributed by atoms with Crippen LogP contribution in [0.1, 0.15) is 25.5 Å². The lowest BCUT2D eigenvalue weighted by Crippen LogP contribution is -2.47. The molecule has 0 saturated carbocycles. The molecule has 1 amide bonds. The van der Waals surface area contributed by atoms with Crippen LogP contribution in [0.15, 0.2) is 18.2 Å². The van der Waals surface area contributed by atoms with E-state index in [1.807, 2.05) is 13.8 Å². The van der Waals surface area contributed by atoms with E-state index in [-0.39, 0.29) is 23.9 Å². The Morgan fingerprint density at radius 1 is 1.50 bits per heavy atom. The first-order valence-electron chi connectivity index (χ1n) is 5.28. The Kier molecular flexibility index (Phi) is 4.46. The molecule has 1 saturated heterocycles. The summed E-state index contributed by atoms with van der Waals surface area (Å²) in [4.78, 5) is 11.3. The number of benzene rings is 1. The smallest absolute Gasteiger partial charge is 0.407 e. The number of nitrogens with one attached hydrogen (secondary N) is 1. The van der Waals surface area contributed by atoms with Gasteiger partial charge in [0.25, 0.3) is 0 Å². The van der Waals surface area contributed by atoms with Crippen molar-refractivity contribution in [3.8, 4) is 0 Å². The molecule has 3 nitrogen and oxygen atoms in total. The second-order valence-electron chi connectivity index (χ2n) is 4.81. The number of halogens is 3. The molecule has 1 aliphatic rings. The topological polar surface area (TPSA) is 38.3 Å². The molecule has 1 N–H and O–H groups in total. The SMILES string of the molecule is CC1(C)COC(=O)N[C@@H]1c1ccc(F)cc1Cl.Cl. The molecule has 0 radical (unpaired) electrons. The molecular formula is C12H14Cl2FNO2. The van der Waals surface area contributed by atoms with Crippen LogP contribution >= 0.6 is 24.0 Å². The highest BCUT2D eigenvalue weighted by atomic mass is 35.5. The van der Waals surface area contributed by atoms with E-state index in [4.69, 9.17) is 16.3 Å². The minimum absolute atomic E-state index is 0. The molecule has 0 spiro atoms. The van der Waals surface area contributed by atoms with Crippen LogP contribution in [0, 0.1) is 11.2 Å². The van der Waals surface area contributed by atoms with Crippen molar-refractivity contribution in [2.75, 3.05) is 6.61 Å². The highest BCUT2D eigenvalue weighted by Crippen LogP contribution is 2.39. The van der Waals surface area contributed by atoms with Gasteiger partial charge in [-0.2, -0.15) is 0 Å². The van der Waals surface area contributed by atoms with Crippen molar-refractivity contribution in [3.63, 3.8) is 0 Å². The second-order valence-corrected chi connectivity index (χ2v) is 5.22. The number of carbonyl (C=O) groups is 1. The van der Waals surface area contributed by atoms with Gasteiger partial charge in [-0.25, -0.2) is 9.18 Å². The fourth-order valence-corrected chi connectivity index (χ4v) is 2.20. The Morgan fingerprint density at radius 2 is 2.17 bits per heavy atom.